The molecule has 1 unspecified atom stereocenters. The van der Waals surface area contributed by atoms with E-state index in [1.54, 1.807) is 30.8 Å². The van der Waals surface area contributed by atoms with Gasteiger partial charge in [-0.25, -0.2) is 9.36 Å². The smallest absolute Gasteiger partial charge is 0.353 e. The Morgan fingerprint density at radius 1 is 1.29 bits per heavy atom. The van der Waals surface area contributed by atoms with E-state index in [0.717, 1.165) is 10.5 Å². The number of amides is 1. The number of nitro benzene ring substituents is 1. The Balaban J connectivity index is 1.62. The van der Waals surface area contributed by atoms with Crippen molar-refractivity contribution < 1.29 is 29.3 Å². The molecule has 2 aromatic rings. The Kier molecular flexibility index (Phi) is 7.48. The number of carbonyl (C=O) groups is 2. The number of carbonyl (C=O) groups excluding carboxylic acids is 1. The van der Waals surface area contributed by atoms with Crippen molar-refractivity contribution in [1.82, 2.24) is 4.90 Å². The third-order valence-corrected chi connectivity index (χ3v) is 8.32. The summed E-state index contributed by atoms with van der Waals surface area (Å²) in [5.74, 6) is -1.96. The topological polar surface area (TPSA) is 125 Å². The minimum atomic E-state index is -1.17. The standard InChI is InChI=1S/C24H25N3O6S2/c1-14(28)19-20-18(12-15-5-7-16(8-6-15)27(32)33)22(21(24(30)31)26(20)23(19)29)35-11-10-25-9-3-4-17(13-25)34-2/h3-9,13-14,18-20,28H,10-12H2,1-2H3/p+1/t14-,18?,19-,20+/m1/s1. The number of aliphatic hydroxyl groups is 1. The van der Waals surface area contributed by atoms with Gasteiger partial charge in [-0.2, -0.15) is 0 Å². The Morgan fingerprint density at radius 3 is 2.60 bits per heavy atom. The summed E-state index contributed by atoms with van der Waals surface area (Å²) in [5, 5.41) is 31.3. The third kappa shape index (κ3) is 4.93. The lowest BCUT2D eigenvalue weighted by atomic mass is 9.76. The van der Waals surface area contributed by atoms with E-state index in [2.05, 4.69) is 0 Å². The fourth-order valence-corrected chi connectivity index (χ4v) is 6.52. The van der Waals surface area contributed by atoms with Crippen LogP contribution in [0.5, 0.6) is 0 Å². The van der Waals surface area contributed by atoms with E-state index < -0.39 is 29.0 Å². The summed E-state index contributed by atoms with van der Waals surface area (Å²) in [4.78, 5) is 38.6. The number of hydrogen-bond acceptors (Lipinski definition) is 7. The second kappa shape index (κ2) is 10.4. The summed E-state index contributed by atoms with van der Waals surface area (Å²) in [6.07, 6.45) is 5.48. The molecule has 1 aromatic carbocycles. The number of benzene rings is 1. The maximum absolute atomic E-state index is 12.8. The molecule has 1 fully saturated rings. The lowest BCUT2D eigenvalue weighted by molar-refractivity contribution is -0.694. The van der Waals surface area contributed by atoms with Gasteiger partial charge in [0, 0.05) is 29.0 Å². The third-order valence-electron chi connectivity index (χ3n) is 6.41. The van der Waals surface area contributed by atoms with Crippen LogP contribution in [-0.4, -0.2) is 56.1 Å². The van der Waals surface area contributed by atoms with Gasteiger partial charge in [-0.15, -0.1) is 23.5 Å². The SMILES string of the molecule is CSc1ccc[n+](CCSC2=C(C(=O)O)N3C(=O)[C@H]([C@@H](C)O)[C@@H]3C2Cc2ccc([N+](=O)[O-])cc2)c1. The van der Waals surface area contributed by atoms with E-state index in [9.17, 15) is 29.9 Å². The summed E-state index contributed by atoms with van der Waals surface area (Å²) in [5.41, 5.74) is 0.760. The lowest BCUT2D eigenvalue weighted by Gasteiger charge is -2.47. The van der Waals surface area contributed by atoms with Crippen LogP contribution >= 0.6 is 23.5 Å². The molecule has 1 amide bonds. The van der Waals surface area contributed by atoms with Crippen molar-refractivity contribution in [1.29, 1.82) is 0 Å². The highest BCUT2D eigenvalue weighted by Crippen LogP contribution is 2.51. The molecule has 4 atom stereocenters. The fraction of sp³-hybridized carbons (Fsp3) is 0.375. The van der Waals surface area contributed by atoms with Crippen molar-refractivity contribution in [3.05, 3.63) is 75.1 Å². The molecule has 9 nitrogen and oxygen atoms in total. The average molecular weight is 517 g/mol. The van der Waals surface area contributed by atoms with Gasteiger partial charge in [-0.05, 0) is 31.2 Å². The number of pyridine rings is 1. The van der Waals surface area contributed by atoms with Crippen LogP contribution in [0, 0.1) is 22.0 Å². The summed E-state index contributed by atoms with van der Waals surface area (Å²) in [6, 6.07) is 9.68. The number of aliphatic hydroxyl groups excluding tert-OH is 1. The quantitative estimate of drug-likeness (QED) is 0.162. The number of thioether (sulfide) groups is 2. The van der Waals surface area contributed by atoms with Crippen molar-refractivity contribution in [3.8, 4) is 0 Å². The molecule has 0 bridgehead atoms. The molecular weight excluding hydrogens is 490 g/mol. The van der Waals surface area contributed by atoms with Gasteiger partial charge in [0.1, 0.15) is 5.70 Å². The normalized spacial score (nSPS) is 22.1. The van der Waals surface area contributed by atoms with Crippen LogP contribution in [0.1, 0.15) is 12.5 Å². The van der Waals surface area contributed by atoms with Crippen LogP contribution in [0.2, 0.25) is 0 Å². The second-order valence-corrected chi connectivity index (χ2v) is 10.6. The molecule has 0 radical (unpaired) electrons. The molecular formula is C24H26N3O6S2+. The number of nitrogens with zero attached hydrogens (tertiary/aromatic N) is 3. The number of non-ortho nitro benzene ring substituents is 1. The molecule has 4 rings (SSSR count). The zero-order valence-corrected chi connectivity index (χ0v) is 20.9. The second-order valence-electron chi connectivity index (χ2n) is 8.55. The van der Waals surface area contributed by atoms with Crippen LogP contribution in [0.15, 0.2) is 64.3 Å². The molecule has 3 heterocycles. The number of β-lactam (4-membered cyclic amide) rings is 1. The fourth-order valence-electron chi connectivity index (χ4n) is 4.79. The Labute approximate surface area is 211 Å². The first kappa shape index (κ1) is 25.2. The molecule has 0 aliphatic carbocycles. The first-order chi connectivity index (χ1) is 16.7. The molecule has 1 aromatic heterocycles. The summed E-state index contributed by atoms with van der Waals surface area (Å²) in [6.45, 7) is 2.20. The molecule has 11 heteroatoms. The molecule has 0 spiro atoms. The van der Waals surface area contributed by atoms with E-state index in [0.29, 0.717) is 23.6 Å². The van der Waals surface area contributed by atoms with Crippen LogP contribution in [0.25, 0.3) is 0 Å². The van der Waals surface area contributed by atoms with Gasteiger partial charge in [0.05, 0.1) is 33.6 Å². The number of aryl methyl sites for hydroxylation is 1. The van der Waals surface area contributed by atoms with Gasteiger partial charge in [-0.1, -0.05) is 12.1 Å². The highest BCUT2D eigenvalue weighted by atomic mass is 32.2. The average Bonchev–Trinajstić information content (AvgIpc) is 3.09. The summed E-state index contributed by atoms with van der Waals surface area (Å²) < 4.78 is 2.04. The van der Waals surface area contributed by atoms with E-state index in [-0.39, 0.29) is 23.2 Å². The van der Waals surface area contributed by atoms with Crippen molar-refractivity contribution >= 4 is 41.1 Å². The first-order valence-electron chi connectivity index (χ1n) is 11.1. The Morgan fingerprint density at radius 2 is 2.00 bits per heavy atom. The molecule has 184 valence electrons. The molecule has 1 saturated heterocycles. The van der Waals surface area contributed by atoms with E-state index >= 15 is 0 Å². The largest absolute Gasteiger partial charge is 0.477 e. The van der Waals surface area contributed by atoms with Crippen molar-refractivity contribution in [3.63, 3.8) is 0 Å². The highest BCUT2D eigenvalue weighted by molar-refractivity contribution is 8.03. The van der Waals surface area contributed by atoms with Crippen molar-refractivity contribution in [2.45, 2.75) is 36.9 Å². The van der Waals surface area contributed by atoms with E-state index in [1.807, 2.05) is 35.3 Å². The Bertz CT molecular complexity index is 1180. The molecule has 2 aliphatic heterocycles. The van der Waals surface area contributed by atoms with Crippen molar-refractivity contribution in [2.24, 2.45) is 11.8 Å². The summed E-state index contributed by atoms with van der Waals surface area (Å²) in [7, 11) is 0. The predicted molar refractivity (Wildman–Crippen MR) is 132 cm³/mol. The van der Waals surface area contributed by atoms with Crippen LogP contribution in [-0.2, 0) is 22.6 Å². The van der Waals surface area contributed by atoms with Gasteiger partial charge in [0.15, 0.2) is 18.9 Å². The zero-order valence-electron chi connectivity index (χ0n) is 19.2. The molecule has 35 heavy (non-hydrogen) atoms. The number of nitro groups is 1. The number of fused-ring (bicyclic) bond motifs is 1. The van der Waals surface area contributed by atoms with E-state index in [1.165, 1.54) is 28.8 Å². The van der Waals surface area contributed by atoms with Crippen LogP contribution in [0.4, 0.5) is 5.69 Å². The van der Waals surface area contributed by atoms with Crippen LogP contribution < -0.4 is 4.57 Å². The van der Waals surface area contributed by atoms with Crippen molar-refractivity contribution in [2.75, 3.05) is 12.0 Å². The number of hydrogen-bond donors (Lipinski definition) is 2. The number of carboxylic acids is 1. The van der Waals surface area contributed by atoms with Gasteiger partial charge >= 0.3 is 5.97 Å². The number of rotatable bonds is 10. The summed E-state index contributed by atoms with van der Waals surface area (Å²) >= 11 is 3.05. The Hall–Kier alpha value is -2.89. The maximum Gasteiger partial charge on any atom is 0.353 e. The van der Waals surface area contributed by atoms with E-state index in [4.69, 9.17) is 0 Å². The number of aromatic nitrogens is 1. The van der Waals surface area contributed by atoms with Gasteiger partial charge in [0.25, 0.3) is 5.69 Å². The minimum Gasteiger partial charge on any atom is -0.477 e. The maximum atomic E-state index is 12.8. The van der Waals surface area contributed by atoms with Crippen LogP contribution in [0.3, 0.4) is 0 Å². The van der Waals surface area contributed by atoms with Gasteiger partial charge in [-0.3, -0.25) is 14.9 Å². The first-order valence-corrected chi connectivity index (χ1v) is 13.3. The highest BCUT2D eigenvalue weighted by Gasteiger charge is 2.61. The number of aliphatic carboxylic acids is 1. The minimum absolute atomic E-state index is 0.0170. The lowest BCUT2D eigenvalue weighted by Crippen LogP contribution is -2.64. The number of carboxylic acid groups (broad SMARTS) is 1. The molecule has 0 saturated carbocycles. The van der Waals surface area contributed by atoms with Gasteiger partial charge in [0.2, 0.25) is 5.91 Å². The molecule has 2 N–H and O–H groups in total. The monoisotopic (exact) mass is 516 g/mol. The predicted octanol–water partition coefficient (Wildman–Crippen LogP) is 2.71. The van der Waals surface area contributed by atoms with Gasteiger partial charge < -0.3 is 15.1 Å². The zero-order chi connectivity index (χ0) is 25.3. The molecule has 2 aliphatic rings.